The van der Waals surface area contributed by atoms with E-state index in [0.29, 0.717) is 16.1 Å². The van der Waals surface area contributed by atoms with Gasteiger partial charge in [-0.2, -0.15) is 0 Å². The Morgan fingerprint density at radius 3 is 2.26 bits per heavy atom. The van der Waals surface area contributed by atoms with Gasteiger partial charge < -0.3 is 5.11 Å². The Bertz CT molecular complexity index is 1230. The highest BCUT2D eigenvalue weighted by molar-refractivity contribution is 7.15. The zero-order valence-electron chi connectivity index (χ0n) is 16.5. The number of nitro benzene ring substituents is 1. The molecule has 0 saturated carbocycles. The number of aliphatic hydroxyl groups is 1. The maximum Gasteiger partial charge on any atom is 0.301 e. The molecule has 0 spiro atoms. The number of nitrogens with zero attached hydrogens (tertiary/aromatic N) is 4. The second-order valence-electron chi connectivity index (χ2n) is 6.99. The lowest BCUT2D eigenvalue weighted by Gasteiger charge is -2.22. The number of aromatic nitrogens is 2. The number of ketones is 1. The van der Waals surface area contributed by atoms with Crippen molar-refractivity contribution in [3.63, 3.8) is 0 Å². The van der Waals surface area contributed by atoms with Gasteiger partial charge in [-0.3, -0.25) is 24.6 Å². The van der Waals surface area contributed by atoms with Gasteiger partial charge in [0.15, 0.2) is 0 Å². The van der Waals surface area contributed by atoms with E-state index < -0.39 is 22.7 Å². The van der Waals surface area contributed by atoms with Crippen LogP contribution < -0.4 is 4.90 Å². The first-order valence-electron chi connectivity index (χ1n) is 9.20. The van der Waals surface area contributed by atoms with E-state index in [2.05, 4.69) is 10.2 Å². The van der Waals surface area contributed by atoms with Crippen molar-refractivity contribution in [2.24, 2.45) is 0 Å². The Morgan fingerprint density at radius 2 is 1.71 bits per heavy atom. The Hall–Kier alpha value is -3.92. The molecule has 3 aromatic rings. The summed E-state index contributed by atoms with van der Waals surface area (Å²) >= 11 is 1.13. The van der Waals surface area contributed by atoms with Crippen LogP contribution >= 0.6 is 11.3 Å². The number of anilines is 1. The van der Waals surface area contributed by atoms with Gasteiger partial charge in [0.2, 0.25) is 5.13 Å². The molecule has 1 aromatic heterocycles. The second kappa shape index (κ2) is 7.73. The minimum atomic E-state index is -1.01. The van der Waals surface area contributed by atoms with Crippen LogP contribution in [0.2, 0.25) is 0 Å². The quantitative estimate of drug-likeness (QED) is 0.217. The molecule has 4 rings (SSSR count). The highest BCUT2D eigenvalue weighted by atomic mass is 32.1. The van der Waals surface area contributed by atoms with Crippen LogP contribution in [0.25, 0.3) is 5.76 Å². The van der Waals surface area contributed by atoms with E-state index in [1.807, 2.05) is 6.92 Å². The van der Waals surface area contributed by atoms with Gasteiger partial charge in [0, 0.05) is 17.7 Å². The summed E-state index contributed by atoms with van der Waals surface area (Å²) in [7, 11) is 0. The predicted molar refractivity (Wildman–Crippen MR) is 114 cm³/mol. The first-order chi connectivity index (χ1) is 14.8. The Balaban J connectivity index is 1.92. The molecule has 0 aliphatic carbocycles. The van der Waals surface area contributed by atoms with E-state index >= 15 is 0 Å². The minimum Gasteiger partial charge on any atom is -0.507 e. The second-order valence-corrected chi connectivity index (χ2v) is 8.15. The molecule has 1 N–H and O–H groups in total. The lowest BCUT2D eigenvalue weighted by molar-refractivity contribution is -0.384. The SMILES string of the molecule is Cc1ccc(C(O)=C2C(=O)C(=O)N(c3nnc(C)s3)[C@H]2c2ccc([N+](=O)[O-])cc2)cc1. The molecule has 2 aromatic carbocycles. The van der Waals surface area contributed by atoms with Gasteiger partial charge in [0.25, 0.3) is 11.5 Å². The molecule has 1 fully saturated rings. The summed E-state index contributed by atoms with van der Waals surface area (Å²) in [5, 5.41) is 30.7. The summed E-state index contributed by atoms with van der Waals surface area (Å²) in [6.45, 7) is 3.60. The molecule has 0 radical (unpaired) electrons. The fraction of sp³-hybridized carbons (Fsp3) is 0.143. The van der Waals surface area contributed by atoms with Crippen molar-refractivity contribution >= 4 is 39.6 Å². The van der Waals surface area contributed by atoms with Crippen molar-refractivity contribution in [1.82, 2.24) is 10.2 Å². The highest BCUT2D eigenvalue weighted by Crippen LogP contribution is 2.43. The third-order valence-corrected chi connectivity index (χ3v) is 5.75. The van der Waals surface area contributed by atoms with E-state index in [4.69, 9.17) is 0 Å². The molecule has 0 bridgehead atoms. The summed E-state index contributed by atoms with van der Waals surface area (Å²) < 4.78 is 0. The topological polar surface area (TPSA) is 127 Å². The maximum absolute atomic E-state index is 13.0. The Labute approximate surface area is 180 Å². The normalized spacial score (nSPS) is 17.9. The zero-order valence-corrected chi connectivity index (χ0v) is 17.3. The van der Waals surface area contributed by atoms with Crippen molar-refractivity contribution in [1.29, 1.82) is 0 Å². The standard InChI is InChI=1S/C21H16N4O5S/c1-11-3-5-14(6-4-11)18(26)16-17(13-7-9-15(10-8-13)25(29)30)24(20(28)19(16)27)21-23-22-12(2)31-21/h3-10,17,26H,1-2H3/t17-/m0/s1. The average Bonchev–Trinajstić information content (AvgIpc) is 3.29. The van der Waals surface area contributed by atoms with Gasteiger partial charge in [0.05, 0.1) is 16.5 Å². The Kier molecular flexibility index (Phi) is 5.07. The van der Waals surface area contributed by atoms with E-state index in [0.717, 1.165) is 16.9 Å². The third-order valence-electron chi connectivity index (χ3n) is 4.91. The van der Waals surface area contributed by atoms with Crippen LogP contribution in [0.15, 0.2) is 54.1 Å². The first kappa shape index (κ1) is 20.4. The molecule has 1 amide bonds. The van der Waals surface area contributed by atoms with E-state index in [1.165, 1.54) is 29.2 Å². The number of aryl methyl sites for hydroxylation is 2. The number of benzene rings is 2. The number of hydrogen-bond donors (Lipinski definition) is 1. The number of hydrogen-bond acceptors (Lipinski definition) is 8. The molecule has 1 aliphatic rings. The third kappa shape index (κ3) is 3.57. The molecular formula is C21H16N4O5S. The number of amides is 1. The fourth-order valence-electron chi connectivity index (χ4n) is 3.37. The van der Waals surface area contributed by atoms with Crippen molar-refractivity contribution in [3.8, 4) is 0 Å². The summed E-state index contributed by atoms with van der Waals surface area (Å²) in [6.07, 6.45) is 0. The van der Waals surface area contributed by atoms with E-state index in [-0.39, 0.29) is 22.2 Å². The zero-order chi connectivity index (χ0) is 22.3. The van der Waals surface area contributed by atoms with E-state index in [1.54, 1.807) is 31.2 Å². The molecule has 156 valence electrons. The van der Waals surface area contributed by atoms with Crippen molar-refractivity contribution < 1.29 is 19.6 Å². The number of carbonyl (C=O) groups excluding carboxylic acids is 2. The van der Waals surface area contributed by atoms with E-state index in [9.17, 15) is 24.8 Å². The highest BCUT2D eigenvalue weighted by Gasteiger charge is 2.48. The molecule has 1 aliphatic heterocycles. The summed E-state index contributed by atoms with van der Waals surface area (Å²) in [6, 6.07) is 11.3. The van der Waals surface area contributed by atoms with Crippen LogP contribution in [-0.4, -0.2) is 31.9 Å². The lowest BCUT2D eigenvalue weighted by atomic mass is 9.95. The van der Waals surface area contributed by atoms with Crippen LogP contribution in [-0.2, 0) is 9.59 Å². The van der Waals surface area contributed by atoms with Gasteiger partial charge in [0.1, 0.15) is 10.8 Å². The van der Waals surface area contributed by atoms with Crippen LogP contribution in [0, 0.1) is 24.0 Å². The maximum atomic E-state index is 13.0. The molecule has 31 heavy (non-hydrogen) atoms. The molecule has 9 nitrogen and oxygen atoms in total. The summed E-state index contributed by atoms with van der Waals surface area (Å²) in [5.74, 6) is -2.05. The molecule has 2 heterocycles. The number of nitro groups is 1. The van der Waals surface area contributed by atoms with Crippen LogP contribution in [0.4, 0.5) is 10.8 Å². The average molecular weight is 436 g/mol. The monoisotopic (exact) mass is 436 g/mol. The summed E-state index contributed by atoms with van der Waals surface area (Å²) in [5.41, 5.74) is 1.52. The minimum absolute atomic E-state index is 0.115. The fourth-order valence-corrected chi connectivity index (χ4v) is 4.09. The van der Waals surface area contributed by atoms with Crippen LogP contribution in [0.1, 0.15) is 27.7 Å². The predicted octanol–water partition coefficient (Wildman–Crippen LogP) is 3.69. The largest absolute Gasteiger partial charge is 0.507 e. The number of rotatable bonds is 4. The van der Waals surface area contributed by atoms with Gasteiger partial charge >= 0.3 is 5.91 Å². The molecule has 1 saturated heterocycles. The van der Waals surface area contributed by atoms with Crippen LogP contribution in [0.3, 0.4) is 0 Å². The molecule has 1 atom stereocenters. The first-order valence-corrected chi connectivity index (χ1v) is 10.0. The number of aliphatic hydroxyl groups excluding tert-OH is 1. The van der Waals surface area contributed by atoms with Gasteiger partial charge in [-0.1, -0.05) is 41.2 Å². The van der Waals surface area contributed by atoms with Gasteiger partial charge in [-0.05, 0) is 31.5 Å². The van der Waals surface area contributed by atoms with Crippen molar-refractivity contribution in [3.05, 3.63) is 85.9 Å². The number of non-ortho nitro benzene ring substituents is 1. The molecule has 0 unspecified atom stereocenters. The number of Topliss-reactive ketones (excluding diaryl/α,β-unsaturated/α-hetero) is 1. The summed E-state index contributed by atoms with van der Waals surface area (Å²) in [4.78, 5) is 37.6. The Morgan fingerprint density at radius 1 is 1.06 bits per heavy atom. The lowest BCUT2D eigenvalue weighted by Crippen LogP contribution is -2.29. The van der Waals surface area contributed by atoms with Gasteiger partial charge in [-0.25, -0.2) is 0 Å². The van der Waals surface area contributed by atoms with Crippen molar-refractivity contribution in [2.45, 2.75) is 19.9 Å². The molecule has 10 heteroatoms. The number of carbonyl (C=O) groups is 2. The molecular weight excluding hydrogens is 420 g/mol. The van der Waals surface area contributed by atoms with Gasteiger partial charge in [-0.15, -0.1) is 10.2 Å². The smallest absolute Gasteiger partial charge is 0.301 e. The van der Waals surface area contributed by atoms with Crippen LogP contribution in [0.5, 0.6) is 0 Å². The van der Waals surface area contributed by atoms with Crippen molar-refractivity contribution in [2.75, 3.05) is 4.90 Å².